The number of nitrogens with zero attached hydrogens (tertiary/aromatic N) is 2. The van der Waals surface area contributed by atoms with Crippen molar-refractivity contribution in [1.29, 1.82) is 0 Å². The van der Waals surface area contributed by atoms with Crippen molar-refractivity contribution in [2.45, 2.75) is 37.9 Å². The van der Waals surface area contributed by atoms with E-state index in [1.807, 2.05) is 0 Å². The molecule has 2 saturated heterocycles. The fourth-order valence-corrected chi connectivity index (χ4v) is 3.22. The molecule has 3 rings (SSSR count). The monoisotopic (exact) mass is 366 g/mol. The van der Waals surface area contributed by atoms with Gasteiger partial charge in [0.25, 0.3) is 11.4 Å². The number of hydrogen-bond donors (Lipinski definition) is 2. The van der Waals surface area contributed by atoms with Crippen molar-refractivity contribution in [3.8, 4) is 0 Å². The zero-order valence-corrected chi connectivity index (χ0v) is 14.3. The van der Waals surface area contributed by atoms with E-state index in [0.29, 0.717) is 26.3 Å². The Labute approximate surface area is 150 Å². The molecule has 10 heteroatoms. The summed E-state index contributed by atoms with van der Waals surface area (Å²) in [5.41, 5.74) is -0.161. The second-order valence-electron chi connectivity index (χ2n) is 6.43. The van der Waals surface area contributed by atoms with E-state index in [9.17, 15) is 20.2 Å². The van der Waals surface area contributed by atoms with Crippen molar-refractivity contribution in [2.75, 3.05) is 36.9 Å². The van der Waals surface area contributed by atoms with Crippen molar-refractivity contribution in [3.05, 3.63) is 32.4 Å². The third kappa shape index (κ3) is 4.38. The molecule has 0 unspecified atom stereocenters. The number of nitrogens with one attached hydrogen (secondary N) is 2. The third-order valence-electron chi connectivity index (χ3n) is 4.60. The van der Waals surface area contributed by atoms with Crippen LogP contribution < -0.4 is 10.6 Å². The average Bonchev–Trinajstić information content (AvgIpc) is 3.31. The Kier molecular flexibility index (Phi) is 5.84. The van der Waals surface area contributed by atoms with Crippen LogP contribution in [0.1, 0.15) is 25.7 Å². The fourth-order valence-electron chi connectivity index (χ4n) is 3.22. The highest BCUT2D eigenvalue weighted by molar-refractivity contribution is 5.76. The molecule has 2 fully saturated rings. The molecule has 10 nitrogen and oxygen atoms in total. The standard InChI is InChI=1S/C16H22N4O6/c21-19(22)15-8-16(20(23)24)14(18-10-12-4-2-6-26-12)7-13(15)17-9-11-3-1-5-25-11/h7-8,11-12,17-18H,1-6,9-10H2/t11-,12-/m1/s1. The van der Waals surface area contributed by atoms with Gasteiger partial charge in [0.05, 0.1) is 28.1 Å². The molecule has 0 radical (unpaired) electrons. The quantitative estimate of drug-likeness (QED) is 0.531. The van der Waals surface area contributed by atoms with E-state index in [1.165, 1.54) is 6.07 Å². The minimum Gasteiger partial charge on any atom is -0.377 e. The smallest absolute Gasteiger partial charge is 0.299 e. The summed E-state index contributed by atoms with van der Waals surface area (Å²) in [6.07, 6.45) is 3.68. The predicted molar refractivity (Wildman–Crippen MR) is 94.7 cm³/mol. The van der Waals surface area contributed by atoms with E-state index in [4.69, 9.17) is 9.47 Å². The molecule has 0 aromatic heterocycles. The van der Waals surface area contributed by atoms with Crippen molar-refractivity contribution in [2.24, 2.45) is 0 Å². The number of rotatable bonds is 8. The van der Waals surface area contributed by atoms with Crippen LogP contribution in [0.4, 0.5) is 22.7 Å². The van der Waals surface area contributed by atoms with Crippen molar-refractivity contribution in [3.63, 3.8) is 0 Å². The molecule has 0 bridgehead atoms. The first-order chi connectivity index (χ1) is 12.5. The number of anilines is 2. The van der Waals surface area contributed by atoms with Gasteiger partial charge in [-0.2, -0.15) is 0 Å². The summed E-state index contributed by atoms with van der Waals surface area (Å²) < 4.78 is 11.0. The van der Waals surface area contributed by atoms with E-state index in [0.717, 1.165) is 31.7 Å². The predicted octanol–water partition coefficient (Wildman–Crippen LogP) is 2.68. The molecule has 0 spiro atoms. The number of nitro groups is 2. The molecular weight excluding hydrogens is 344 g/mol. The summed E-state index contributed by atoms with van der Waals surface area (Å²) in [5, 5.41) is 28.7. The Balaban J connectivity index is 1.80. The Bertz CT molecular complexity index is 618. The molecule has 2 aliphatic rings. The van der Waals surface area contributed by atoms with Gasteiger partial charge in [0.2, 0.25) is 0 Å². The first kappa shape index (κ1) is 18.3. The number of nitro benzene ring substituents is 2. The maximum atomic E-state index is 11.3. The molecule has 26 heavy (non-hydrogen) atoms. The number of benzene rings is 1. The first-order valence-electron chi connectivity index (χ1n) is 8.72. The van der Waals surface area contributed by atoms with Gasteiger partial charge in [-0.05, 0) is 31.7 Å². The maximum absolute atomic E-state index is 11.3. The molecule has 0 saturated carbocycles. The van der Waals surface area contributed by atoms with Gasteiger partial charge in [-0.3, -0.25) is 20.2 Å². The molecule has 1 aromatic carbocycles. The molecule has 2 atom stereocenters. The minimum absolute atomic E-state index is 0.00639. The number of ether oxygens (including phenoxy) is 2. The van der Waals surface area contributed by atoms with Crippen LogP contribution in [0.3, 0.4) is 0 Å². The third-order valence-corrected chi connectivity index (χ3v) is 4.60. The van der Waals surface area contributed by atoms with Crippen LogP contribution >= 0.6 is 0 Å². The van der Waals surface area contributed by atoms with E-state index in [1.54, 1.807) is 0 Å². The summed E-state index contributed by atoms with van der Waals surface area (Å²) in [7, 11) is 0. The molecule has 2 heterocycles. The van der Waals surface area contributed by atoms with Crippen LogP contribution in [0.5, 0.6) is 0 Å². The van der Waals surface area contributed by atoms with Gasteiger partial charge in [-0.25, -0.2) is 0 Å². The van der Waals surface area contributed by atoms with Gasteiger partial charge in [-0.1, -0.05) is 0 Å². The molecule has 142 valence electrons. The van der Waals surface area contributed by atoms with Gasteiger partial charge in [-0.15, -0.1) is 0 Å². The summed E-state index contributed by atoms with van der Waals surface area (Å²) in [6.45, 7) is 2.21. The molecule has 2 N–H and O–H groups in total. The lowest BCUT2D eigenvalue weighted by Crippen LogP contribution is -2.20. The Morgan fingerprint density at radius 1 is 0.885 bits per heavy atom. The van der Waals surface area contributed by atoms with Gasteiger partial charge >= 0.3 is 0 Å². The average molecular weight is 366 g/mol. The van der Waals surface area contributed by atoms with Gasteiger partial charge < -0.3 is 20.1 Å². The summed E-state index contributed by atoms with van der Waals surface area (Å²) in [4.78, 5) is 21.5. The largest absolute Gasteiger partial charge is 0.377 e. The van der Waals surface area contributed by atoms with Crippen LogP contribution in [0.15, 0.2) is 12.1 Å². The minimum atomic E-state index is -0.616. The first-order valence-corrected chi connectivity index (χ1v) is 8.72. The summed E-state index contributed by atoms with van der Waals surface area (Å²) in [6, 6.07) is 2.43. The van der Waals surface area contributed by atoms with E-state index < -0.39 is 9.85 Å². The molecule has 0 amide bonds. The Morgan fingerprint density at radius 3 is 1.69 bits per heavy atom. The fraction of sp³-hybridized carbons (Fsp3) is 0.625. The lowest BCUT2D eigenvalue weighted by atomic mass is 10.1. The van der Waals surface area contributed by atoms with Gasteiger partial charge in [0.15, 0.2) is 0 Å². The van der Waals surface area contributed by atoms with Crippen LogP contribution in [-0.4, -0.2) is 48.4 Å². The SMILES string of the molecule is O=[N+]([O-])c1cc([N+](=O)[O-])c(NC[C@H]2CCCO2)cc1NC[C@H]1CCCO1. The lowest BCUT2D eigenvalue weighted by molar-refractivity contribution is -0.393. The van der Waals surface area contributed by atoms with Crippen LogP contribution in [0.2, 0.25) is 0 Å². The molecule has 1 aromatic rings. The summed E-state index contributed by atoms with van der Waals surface area (Å²) >= 11 is 0. The van der Waals surface area contributed by atoms with Gasteiger partial charge in [0, 0.05) is 26.3 Å². The van der Waals surface area contributed by atoms with Crippen molar-refractivity contribution < 1.29 is 19.3 Å². The lowest BCUT2D eigenvalue weighted by Gasteiger charge is -2.15. The van der Waals surface area contributed by atoms with Crippen LogP contribution in [0.25, 0.3) is 0 Å². The topological polar surface area (TPSA) is 129 Å². The van der Waals surface area contributed by atoms with Crippen molar-refractivity contribution >= 4 is 22.7 Å². The van der Waals surface area contributed by atoms with Crippen LogP contribution in [0, 0.1) is 20.2 Å². The second kappa shape index (κ2) is 8.28. The summed E-state index contributed by atoms with van der Waals surface area (Å²) in [5.74, 6) is 0. The number of hydrogen-bond acceptors (Lipinski definition) is 8. The highest BCUT2D eigenvalue weighted by Crippen LogP contribution is 2.36. The van der Waals surface area contributed by atoms with E-state index in [-0.39, 0.29) is 35.0 Å². The van der Waals surface area contributed by atoms with E-state index in [2.05, 4.69) is 10.6 Å². The Hall–Kier alpha value is -2.46. The zero-order valence-electron chi connectivity index (χ0n) is 14.3. The molecule has 0 aliphatic carbocycles. The highest BCUT2D eigenvalue weighted by Gasteiger charge is 2.26. The highest BCUT2D eigenvalue weighted by atomic mass is 16.6. The Morgan fingerprint density at radius 2 is 1.35 bits per heavy atom. The van der Waals surface area contributed by atoms with Crippen LogP contribution in [-0.2, 0) is 9.47 Å². The molecular formula is C16H22N4O6. The normalized spacial score (nSPS) is 22.3. The van der Waals surface area contributed by atoms with Gasteiger partial charge in [0.1, 0.15) is 11.4 Å². The molecule has 2 aliphatic heterocycles. The zero-order chi connectivity index (χ0) is 18.5. The second-order valence-corrected chi connectivity index (χ2v) is 6.43. The maximum Gasteiger partial charge on any atom is 0.299 e. The van der Waals surface area contributed by atoms with E-state index >= 15 is 0 Å². The van der Waals surface area contributed by atoms with Crippen molar-refractivity contribution in [1.82, 2.24) is 0 Å².